The molecule has 0 saturated carbocycles. The molecular formula is C17H26FN3O3. The van der Waals surface area contributed by atoms with Crippen molar-refractivity contribution in [1.29, 1.82) is 0 Å². The molecule has 2 N–H and O–H groups in total. The Morgan fingerprint density at radius 3 is 2.29 bits per heavy atom. The third kappa shape index (κ3) is 4.48. The molecule has 6 nitrogen and oxygen atoms in total. The molecule has 2 atom stereocenters. The van der Waals surface area contributed by atoms with Gasteiger partial charge in [0, 0.05) is 18.2 Å². The van der Waals surface area contributed by atoms with Crippen LogP contribution >= 0.6 is 0 Å². The largest absolute Gasteiger partial charge is 0.489 e. The summed E-state index contributed by atoms with van der Waals surface area (Å²) >= 11 is 0. The van der Waals surface area contributed by atoms with Gasteiger partial charge in [0.15, 0.2) is 11.5 Å². The minimum atomic E-state index is -0.669. The number of hydrogen-bond donors (Lipinski definition) is 2. The molecule has 3 heterocycles. The highest BCUT2D eigenvalue weighted by atomic mass is 19.1. The smallest absolute Gasteiger partial charge is 0.260 e. The Labute approximate surface area is 142 Å². The van der Waals surface area contributed by atoms with Gasteiger partial charge in [0.25, 0.3) is 11.8 Å². The molecule has 7 heteroatoms. The van der Waals surface area contributed by atoms with Gasteiger partial charge in [-0.3, -0.25) is 0 Å². The predicted octanol–water partition coefficient (Wildman–Crippen LogP) is 1.88. The van der Waals surface area contributed by atoms with E-state index in [4.69, 9.17) is 14.2 Å². The van der Waals surface area contributed by atoms with Crippen molar-refractivity contribution in [3.8, 4) is 17.4 Å². The van der Waals surface area contributed by atoms with Gasteiger partial charge in [-0.2, -0.15) is 9.37 Å². The molecule has 134 valence electrons. The van der Waals surface area contributed by atoms with E-state index in [-0.39, 0.29) is 17.7 Å². The molecule has 0 spiro atoms. The van der Waals surface area contributed by atoms with E-state index in [0.29, 0.717) is 31.6 Å². The van der Waals surface area contributed by atoms with Crippen LogP contribution in [0, 0.1) is 5.95 Å². The average Bonchev–Trinajstić information content (AvgIpc) is 3.27. The van der Waals surface area contributed by atoms with E-state index in [1.54, 1.807) is 6.92 Å². The molecule has 1 aromatic rings. The molecular weight excluding hydrogens is 313 g/mol. The predicted molar refractivity (Wildman–Crippen MR) is 88.4 cm³/mol. The van der Waals surface area contributed by atoms with Crippen molar-refractivity contribution in [3.05, 3.63) is 12.0 Å². The summed E-state index contributed by atoms with van der Waals surface area (Å²) < 4.78 is 30.9. The Balaban J connectivity index is 1.68. The maximum atomic E-state index is 14.1. The minimum absolute atomic E-state index is 0.0956. The fraction of sp³-hybridized carbons (Fsp3) is 0.706. The molecule has 0 aromatic carbocycles. The molecule has 3 rings (SSSR count). The molecule has 0 unspecified atom stereocenters. The van der Waals surface area contributed by atoms with Crippen LogP contribution in [0.5, 0.6) is 17.4 Å². The van der Waals surface area contributed by atoms with Crippen LogP contribution in [0.4, 0.5) is 4.39 Å². The number of ether oxygens (including phenoxy) is 3. The normalized spacial score (nSPS) is 23.4. The number of nitrogens with zero attached hydrogens (tertiary/aromatic N) is 1. The van der Waals surface area contributed by atoms with E-state index < -0.39 is 5.95 Å². The van der Waals surface area contributed by atoms with Crippen LogP contribution < -0.4 is 24.8 Å². The zero-order valence-corrected chi connectivity index (χ0v) is 14.1. The number of hydrogen-bond acceptors (Lipinski definition) is 6. The molecule has 2 saturated heterocycles. The second-order valence-corrected chi connectivity index (χ2v) is 6.22. The summed E-state index contributed by atoms with van der Waals surface area (Å²) in [6.45, 7) is 5.15. The van der Waals surface area contributed by atoms with Gasteiger partial charge in [-0.25, -0.2) is 0 Å². The first-order valence-corrected chi connectivity index (χ1v) is 8.82. The summed E-state index contributed by atoms with van der Waals surface area (Å²) in [5.74, 6) is 0.0602. The topological polar surface area (TPSA) is 64.6 Å². The van der Waals surface area contributed by atoms with E-state index in [0.717, 1.165) is 38.8 Å². The van der Waals surface area contributed by atoms with E-state index in [2.05, 4.69) is 15.6 Å². The maximum Gasteiger partial charge on any atom is 0.260 e. The van der Waals surface area contributed by atoms with Gasteiger partial charge in [-0.15, -0.1) is 0 Å². The molecule has 0 bridgehead atoms. The third-order valence-corrected chi connectivity index (χ3v) is 4.36. The first-order chi connectivity index (χ1) is 11.8. The molecule has 0 radical (unpaired) electrons. The number of pyridine rings is 1. The Morgan fingerprint density at radius 1 is 1.04 bits per heavy atom. The zero-order chi connectivity index (χ0) is 16.8. The van der Waals surface area contributed by atoms with Gasteiger partial charge in [0.2, 0.25) is 0 Å². The molecule has 24 heavy (non-hydrogen) atoms. The molecule has 2 fully saturated rings. The standard InChI is InChI=1S/C17H26FN3O3/c1-2-22-14-9-15(23-10-12-5-3-7-19-12)17(21-16(14)18)24-11-13-6-4-8-20-13/h9,12-13,19-20H,2-8,10-11H2,1H3/t12-,13-/m0/s1. The average molecular weight is 339 g/mol. The lowest BCUT2D eigenvalue weighted by molar-refractivity contribution is 0.221. The molecule has 2 aliphatic heterocycles. The van der Waals surface area contributed by atoms with Gasteiger partial charge in [0.05, 0.1) is 6.61 Å². The first kappa shape index (κ1) is 17.2. The van der Waals surface area contributed by atoms with Crippen molar-refractivity contribution in [1.82, 2.24) is 15.6 Å². The van der Waals surface area contributed by atoms with E-state index >= 15 is 0 Å². The van der Waals surface area contributed by atoms with Crippen molar-refractivity contribution in [2.24, 2.45) is 0 Å². The van der Waals surface area contributed by atoms with Crippen LogP contribution in [0.2, 0.25) is 0 Å². The lowest BCUT2D eigenvalue weighted by Gasteiger charge is -2.17. The Bertz CT molecular complexity index is 532. The Kier molecular flexibility index (Phi) is 6.09. The lowest BCUT2D eigenvalue weighted by atomic mass is 10.2. The zero-order valence-electron chi connectivity index (χ0n) is 14.1. The van der Waals surface area contributed by atoms with Gasteiger partial charge < -0.3 is 24.8 Å². The third-order valence-electron chi connectivity index (χ3n) is 4.36. The van der Waals surface area contributed by atoms with Gasteiger partial charge >= 0.3 is 0 Å². The van der Waals surface area contributed by atoms with Crippen molar-refractivity contribution in [3.63, 3.8) is 0 Å². The second kappa shape index (κ2) is 8.48. The van der Waals surface area contributed by atoms with Crippen molar-refractivity contribution < 1.29 is 18.6 Å². The van der Waals surface area contributed by atoms with Crippen LogP contribution in [0.1, 0.15) is 32.6 Å². The quantitative estimate of drug-likeness (QED) is 0.705. The fourth-order valence-corrected chi connectivity index (χ4v) is 3.07. The van der Waals surface area contributed by atoms with Crippen molar-refractivity contribution in [2.75, 3.05) is 32.9 Å². The fourth-order valence-electron chi connectivity index (χ4n) is 3.07. The summed E-state index contributed by atoms with van der Waals surface area (Å²) in [6, 6.07) is 2.14. The van der Waals surface area contributed by atoms with E-state index in [9.17, 15) is 4.39 Å². The monoisotopic (exact) mass is 339 g/mol. The SMILES string of the molecule is CCOc1cc(OC[C@@H]2CCCN2)c(OC[C@@H]2CCCN2)nc1F. The number of rotatable bonds is 8. The molecule has 1 aromatic heterocycles. The van der Waals surface area contributed by atoms with Crippen LogP contribution in [0.15, 0.2) is 6.07 Å². The van der Waals surface area contributed by atoms with E-state index in [1.165, 1.54) is 6.07 Å². The van der Waals surface area contributed by atoms with Crippen LogP contribution in [0.25, 0.3) is 0 Å². The van der Waals surface area contributed by atoms with Crippen LogP contribution in [0.3, 0.4) is 0 Å². The first-order valence-electron chi connectivity index (χ1n) is 8.82. The number of halogens is 1. The minimum Gasteiger partial charge on any atom is -0.489 e. The highest BCUT2D eigenvalue weighted by Gasteiger charge is 2.21. The van der Waals surface area contributed by atoms with Gasteiger partial charge in [-0.05, 0) is 45.7 Å². The Morgan fingerprint density at radius 2 is 1.71 bits per heavy atom. The second-order valence-electron chi connectivity index (χ2n) is 6.22. The van der Waals surface area contributed by atoms with Crippen LogP contribution in [-0.2, 0) is 0 Å². The summed E-state index contributed by atoms with van der Waals surface area (Å²) in [5.41, 5.74) is 0. The lowest BCUT2D eigenvalue weighted by Crippen LogP contribution is -2.29. The van der Waals surface area contributed by atoms with Crippen molar-refractivity contribution >= 4 is 0 Å². The van der Waals surface area contributed by atoms with Crippen LogP contribution in [-0.4, -0.2) is 50.0 Å². The summed E-state index contributed by atoms with van der Waals surface area (Å²) in [6.07, 6.45) is 4.42. The summed E-state index contributed by atoms with van der Waals surface area (Å²) in [4.78, 5) is 3.91. The number of nitrogens with one attached hydrogen (secondary N) is 2. The van der Waals surface area contributed by atoms with Gasteiger partial charge in [0.1, 0.15) is 13.2 Å². The van der Waals surface area contributed by atoms with Gasteiger partial charge in [-0.1, -0.05) is 0 Å². The Hall–Kier alpha value is -1.60. The molecule has 0 aliphatic carbocycles. The maximum absolute atomic E-state index is 14.1. The number of aromatic nitrogens is 1. The summed E-state index contributed by atoms with van der Waals surface area (Å²) in [7, 11) is 0. The molecule has 0 amide bonds. The van der Waals surface area contributed by atoms with E-state index in [1.807, 2.05) is 0 Å². The highest BCUT2D eigenvalue weighted by Crippen LogP contribution is 2.32. The van der Waals surface area contributed by atoms with Crippen molar-refractivity contribution in [2.45, 2.75) is 44.7 Å². The molecule has 2 aliphatic rings. The highest BCUT2D eigenvalue weighted by molar-refractivity contribution is 5.40. The summed E-state index contributed by atoms with van der Waals surface area (Å²) in [5, 5.41) is 6.72.